The van der Waals surface area contributed by atoms with Crippen molar-refractivity contribution in [1.82, 2.24) is 5.32 Å². The third kappa shape index (κ3) is 6.34. The van der Waals surface area contributed by atoms with Gasteiger partial charge in [-0.2, -0.15) is 0 Å². The van der Waals surface area contributed by atoms with E-state index >= 15 is 0 Å². The molecule has 0 aliphatic heterocycles. The number of hydrogen-bond donors (Lipinski definition) is 1. The second-order valence-electron chi connectivity index (χ2n) is 5.05. The van der Waals surface area contributed by atoms with Gasteiger partial charge in [-0.05, 0) is 25.3 Å². The maximum atomic E-state index is 11.9. The van der Waals surface area contributed by atoms with Crippen LogP contribution in [0.25, 0.3) is 0 Å². The van der Waals surface area contributed by atoms with Crippen molar-refractivity contribution in [3.05, 3.63) is 15.8 Å². The fourth-order valence-electron chi connectivity index (χ4n) is 1.60. The molecule has 0 saturated heterocycles. The van der Waals surface area contributed by atoms with E-state index < -0.39 is 9.05 Å². The van der Waals surface area contributed by atoms with Gasteiger partial charge in [0.2, 0.25) is 0 Å². The Balaban J connectivity index is 2.43. The molecule has 8 heteroatoms. The van der Waals surface area contributed by atoms with Crippen molar-refractivity contribution < 1.29 is 17.9 Å². The third-order valence-corrected chi connectivity index (χ3v) is 5.19. The molecule has 1 aromatic heterocycles. The van der Waals surface area contributed by atoms with Crippen LogP contribution in [-0.2, 0) is 13.8 Å². The number of amides is 1. The van der Waals surface area contributed by atoms with Gasteiger partial charge in [0.25, 0.3) is 15.0 Å². The van der Waals surface area contributed by atoms with Crippen LogP contribution in [0.1, 0.15) is 34.8 Å². The van der Waals surface area contributed by atoms with Gasteiger partial charge in [0.05, 0.1) is 9.77 Å². The molecule has 0 radical (unpaired) electrons. The summed E-state index contributed by atoms with van der Waals surface area (Å²) in [5.41, 5.74) is 0. The molecule has 0 aliphatic carbocycles. The van der Waals surface area contributed by atoms with E-state index in [-0.39, 0.29) is 10.8 Å². The Kier molecular flexibility index (Phi) is 7.12. The van der Waals surface area contributed by atoms with Gasteiger partial charge >= 0.3 is 0 Å². The Morgan fingerprint density at radius 2 is 2.14 bits per heavy atom. The van der Waals surface area contributed by atoms with Crippen LogP contribution in [0.2, 0.25) is 0 Å². The van der Waals surface area contributed by atoms with E-state index in [1.165, 1.54) is 6.07 Å². The van der Waals surface area contributed by atoms with Crippen molar-refractivity contribution in [1.29, 1.82) is 0 Å². The highest BCUT2D eigenvalue weighted by Crippen LogP contribution is 2.28. The number of carbonyl (C=O) groups excluding carboxylic acids is 1. The lowest BCUT2D eigenvalue weighted by molar-refractivity contribution is 0.0928. The summed E-state index contributed by atoms with van der Waals surface area (Å²) in [6.45, 7) is 7.54. The van der Waals surface area contributed by atoms with E-state index in [2.05, 4.69) is 19.2 Å². The molecule has 5 nitrogen and oxygen atoms in total. The van der Waals surface area contributed by atoms with Crippen LogP contribution in [0, 0.1) is 12.8 Å². The average molecular weight is 354 g/mol. The van der Waals surface area contributed by atoms with Crippen molar-refractivity contribution >= 4 is 37.0 Å². The summed E-state index contributed by atoms with van der Waals surface area (Å²) in [4.78, 5) is 12.8. The smallest absolute Gasteiger partial charge is 0.262 e. The first-order valence-electron chi connectivity index (χ1n) is 6.63. The zero-order chi connectivity index (χ0) is 16.0. The minimum absolute atomic E-state index is 0.000386. The highest BCUT2D eigenvalue weighted by molar-refractivity contribution is 8.13. The second-order valence-corrected chi connectivity index (χ2v) is 8.84. The Labute approximate surface area is 134 Å². The van der Waals surface area contributed by atoms with Crippen molar-refractivity contribution in [2.24, 2.45) is 5.92 Å². The number of rotatable bonds is 8. The topological polar surface area (TPSA) is 72.5 Å². The van der Waals surface area contributed by atoms with E-state index in [1.807, 2.05) is 0 Å². The molecule has 21 heavy (non-hydrogen) atoms. The minimum atomic E-state index is -3.80. The van der Waals surface area contributed by atoms with Gasteiger partial charge < -0.3 is 10.1 Å². The number of ether oxygens (including phenoxy) is 1. The Bertz CT molecular complexity index is 581. The lowest BCUT2D eigenvalue weighted by Crippen LogP contribution is -2.24. The maximum Gasteiger partial charge on any atom is 0.262 e. The highest BCUT2D eigenvalue weighted by atomic mass is 35.7. The van der Waals surface area contributed by atoms with E-state index in [4.69, 9.17) is 15.4 Å². The predicted octanol–water partition coefficient (Wildman–Crippen LogP) is 2.78. The summed E-state index contributed by atoms with van der Waals surface area (Å²) in [5.74, 6) is 0.197. The monoisotopic (exact) mass is 353 g/mol. The van der Waals surface area contributed by atoms with Gasteiger partial charge in [-0.15, -0.1) is 11.3 Å². The van der Waals surface area contributed by atoms with Crippen molar-refractivity contribution in [2.75, 3.05) is 19.8 Å². The van der Waals surface area contributed by atoms with Crippen molar-refractivity contribution in [3.8, 4) is 0 Å². The quantitative estimate of drug-likeness (QED) is 0.576. The first-order chi connectivity index (χ1) is 9.71. The lowest BCUT2D eigenvalue weighted by Gasteiger charge is -2.07. The molecular formula is C13H20ClNO4S2. The minimum Gasteiger partial charge on any atom is -0.381 e. The summed E-state index contributed by atoms with van der Waals surface area (Å²) >= 11 is 1.11. The first kappa shape index (κ1) is 18.4. The molecule has 1 aromatic rings. The summed E-state index contributed by atoms with van der Waals surface area (Å²) in [7, 11) is 1.50. The third-order valence-electron chi connectivity index (χ3n) is 2.56. The molecule has 0 fully saturated rings. The molecule has 1 amide bonds. The van der Waals surface area contributed by atoms with Crippen LogP contribution in [0.3, 0.4) is 0 Å². The number of thiophene rings is 1. The first-order valence-corrected chi connectivity index (χ1v) is 9.75. The highest BCUT2D eigenvalue weighted by Gasteiger charge is 2.20. The van der Waals surface area contributed by atoms with E-state index in [0.717, 1.165) is 11.3 Å². The standard InChI is InChI=1S/C13H20ClNO4S2/c1-9(2)8-19-6-4-5-15-13(16)11-7-12(10(3)20-11)21(14,17)18/h7,9H,4-6,8H2,1-3H3,(H,15,16). The summed E-state index contributed by atoms with van der Waals surface area (Å²) < 4.78 is 28.0. The SMILES string of the molecule is Cc1sc(C(=O)NCCCOCC(C)C)cc1S(=O)(=O)Cl. The molecule has 0 unspecified atom stereocenters. The van der Waals surface area contributed by atoms with Crippen LogP contribution in [-0.4, -0.2) is 34.1 Å². The average Bonchev–Trinajstić information content (AvgIpc) is 2.75. The summed E-state index contributed by atoms with van der Waals surface area (Å²) in [6.07, 6.45) is 0.712. The largest absolute Gasteiger partial charge is 0.381 e. The zero-order valence-electron chi connectivity index (χ0n) is 12.3. The molecule has 1 heterocycles. The number of halogens is 1. The summed E-state index contributed by atoms with van der Waals surface area (Å²) in [5, 5.41) is 2.73. The fraction of sp³-hybridized carbons (Fsp3) is 0.615. The van der Waals surface area contributed by atoms with Gasteiger partial charge in [0.1, 0.15) is 0 Å². The van der Waals surface area contributed by atoms with Crippen LogP contribution in [0.15, 0.2) is 11.0 Å². The fourth-order valence-corrected chi connectivity index (χ4v) is 4.18. The van der Waals surface area contributed by atoms with E-state index in [0.29, 0.717) is 41.9 Å². The van der Waals surface area contributed by atoms with Gasteiger partial charge in [-0.25, -0.2) is 8.42 Å². The Morgan fingerprint density at radius 1 is 1.48 bits per heavy atom. The lowest BCUT2D eigenvalue weighted by atomic mass is 10.2. The van der Waals surface area contributed by atoms with Gasteiger partial charge in [-0.1, -0.05) is 13.8 Å². The molecule has 1 N–H and O–H groups in total. The van der Waals surface area contributed by atoms with Crippen LogP contribution < -0.4 is 5.32 Å². The van der Waals surface area contributed by atoms with E-state index in [1.54, 1.807) is 6.92 Å². The van der Waals surface area contributed by atoms with Crippen molar-refractivity contribution in [2.45, 2.75) is 32.1 Å². The molecule has 1 rings (SSSR count). The Hall–Kier alpha value is -0.630. The summed E-state index contributed by atoms with van der Waals surface area (Å²) in [6, 6.07) is 1.31. The van der Waals surface area contributed by atoms with Gasteiger partial charge in [0.15, 0.2) is 0 Å². The van der Waals surface area contributed by atoms with Crippen LogP contribution in [0.4, 0.5) is 0 Å². The number of hydrogen-bond acceptors (Lipinski definition) is 5. The second kappa shape index (κ2) is 8.12. The van der Waals surface area contributed by atoms with E-state index in [9.17, 15) is 13.2 Å². The normalized spacial score (nSPS) is 11.9. The number of carbonyl (C=O) groups is 1. The Morgan fingerprint density at radius 3 is 2.67 bits per heavy atom. The number of nitrogens with one attached hydrogen (secondary N) is 1. The molecule has 0 aromatic carbocycles. The molecule has 0 bridgehead atoms. The van der Waals surface area contributed by atoms with Crippen molar-refractivity contribution in [3.63, 3.8) is 0 Å². The van der Waals surface area contributed by atoms with Crippen LogP contribution in [0.5, 0.6) is 0 Å². The van der Waals surface area contributed by atoms with Gasteiger partial charge in [-0.3, -0.25) is 4.79 Å². The zero-order valence-corrected chi connectivity index (χ0v) is 14.7. The molecule has 0 atom stereocenters. The molecule has 120 valence electrons. The van der Waals surface area contributed by atoms with Gasteiger partial charge in [0, 0.05) is 35.3 Å². The number of aryl methyl sites for hydroxylation is 1. The molecular weight excluding hydrogens is 334 g/mol. The van der Waals surface area contributed by atoms with Crippen LogP contribution >= 0.6 is 22.0 Å². The predicted molar refractivity (Wildman–Crippen MR) is 84.7 cm³/mol. The molecule has 0 spiro atoms. The molecule has 0 saturated carbocycles. The maximum absolute atomic E-state index is 11.9. The molecule has 0 aliphatic rings.